The Morgan fingerprint density at radius 1 is 1.21 bits per heavy atom. The number of likely N-dealkylation sites (tertiary alicyclic amines) is 1. The van der Waals surface area contributed by atoms with Crippen molar-refractivity contribution in [2.75, 3.05) is 13.7 Å². The molecule has 2 N–H and O–H groups in total. The minimum absolute atomic E-state index is 0.0519. The van der Waals surface area contributed by atoms with E-state index in [1.165, 1.54) is 0 Å². The summed E-state index contributed by atoms with van der Waals surface area (Å²) in [6, 6.07) is 16.0. The molecule has 0 unspecified atom stereocenters. The van der Waals surface area contributed by atoms with Gasteiger partial charge in [-0.3, -0.25) is 9.78 Å². The number of amides is 1. The molecule has 3 aromatic heterocycles. The number of carbonyl (C=O) groups is 1. The molecule has 1 saturated heterocycles. The predicted molar refractivity (Wildman–Crippen MR) is 130 cm³/mol. The van der Waals surface area contributed by atoms with Gasteiger partial charge < -0.3 is 19.9 Å². The van der Waals surface area contributed by atoms with Crippen LogP contribution in [0.4, 0.5) is 0 Å². The van der Waals surface area contributed by atoms with E-state index in [0.717, 1.165) is 46.5 Å². The standard InChI is InChI=1S/C26H28N6O2/c1-17(33)32-12-10-19(28-15-20-8-5-6-11-27-20)14-24(32)25-29-16-23(30-25)21-13-18-7-3-4-9-22(18)31-26(21)34-2/h3-9,11,13,16,19,24,28H,10,12,14-15H2,1-2H3,(H,29,30)/t19-,24-/m0/s1. The van der Waals surface area contributed by atoms with Crippen LogP contribution in [0.25, 0.3) is 22.2 Å². The highest BCUT2D eigenvalue weighted by Crippen LogP contribution is 2.34. The zero-order valence-electron chi connectivity index (χ0n) is 19.4. The average molecular weight is 457 g/mol. The third-order valence-corrected chi connectivity index (χ3v) is 6.39. The second-order valence-electron chi connectivity index (χ2n) is 8.57. The average Bonchev–Trinajstić information content (AvgIpc) is 3.37. The predicted octanol–water partition coefficient (Wildman–Crippen LogP) is 3.87. The zero-order valence-corrected chi connectivity index (χ0v) is 19.4. The van der Waals surface area contributed by atoms with E-state index in [4.69, 9.17) is 4.74 Å². The van der Waals surface area contributed by atoms with Gasteiger partial charge in [0.05, 0.1) is 41.8 Å². The summed E-state index contributed by atoms with van der Waals surface area (Å²) in [5.41, 5.74) is 3.54. The maximum atomic E-state index is 12.4. The van der Waals surface area contributed by atoms with E-state index in [9.17, 15) is 4.79 Å². The Morgan fingerprint density at radius 3 is 2.85 bits per heavy atom. The third kappa shape index (κ3) is 4.49. The molecular weight excluding hydrogens is 428 g/mol. The van der Waals surface area contributed by atoms with Crippen LogP contribution in [0.5, 0.6) is 5.88 Å². The number of hydrogen-bond acceptors (Lipinski definition) is 6. The number of aromatic amines is 1. The summed E-state index contributed by atoms with van der Waals surface area (Å²) in [6.07, 6.45) is 5.26. The molecule has 0 radical (unpaired) electrons. The van der Waals surface area contributed by atoms with E-state index in [0.29, 0.717) is 19.0 Å². The first kappa shape index (κ1) is 22.0. The van der Waals surface area contributed by atoms with Crippen molar-refractivity contribution in [1.82, 2.24) is 30.2 Å². The fourth-order valence-corrected chi connectivity index (χ4v) is 4.63. The SMILES string of the molecule is COc1nc2ccccc2cc1-c1cnc([C@@H]2C[C@@H](NCc3ccccn3)CCN2C(C)=O)[nH]1. The van der Waals surface area contributed by atoms with Gasteiger partial charge in [-0.2, -0.15) is 0 Å². The Balaban J connectivity index is 1.40. The highest BCUT2D eigenvalue weighted by molar-refractivity contribution is 5.85. The molecule has 1 amide bonds. The number of nitrogens with zero attached hydrogens (tertiary/aromatic N) is 4. The molecule has 8 heteroatoms. The molecule has 1 fully saturated rings. The van der Waals surface area contributed by atoms with Gasteiger partial charge in [-0.1, -0.05) is 24.3 Å². The van der Waals surface area contributed by atoms with E-state index in [1.54, 1.807) is 26.4 Å². The van der Waals surface area contributed by atoms with Crippen LogP contribution in [0.15, 0.2) is 60.9 Å². The van der Waals surface area contributed by atoms with Crippen LogP contribution in [0.1, 0.15) is 37.3 Å². The van der Waals surface area contributed by atoms with Crippen molar-refractivity contribution < 1.29 is 9.53 Å². The number of nitrogens with one attached hydrogen (secondary N) is 2. The Hall–Kier alpha value is -3.78. The monoisotopic (exact) mass is 456 g/mol. The summed E-state index contributed by atoms with van der Waals surface area (Å²) in [6.45, 7) is 2.99. The van der Waals surface area contributed by atoms with E-state index in [2.05, 4.69) is 31.3 Å². The lowest BCUT2D eigenvalue weighted by atomic mass is 9.96. The van der Waals surface area contributed by atoms with Gasteiger partial charge >= 0.3 is 0 Å². The lowest BCUT2D eigenvalue weighted by molar-refractivity contribution is -0.133. The number of H-pyrrole nitrogens is 1. The molecule has 2 atom stereocenters. The number of carbonyl (C=O) groups excluding carboxylic acids is 1. The van der Waals surface area contributed by atoms with Crippen LogP contribution in [-0.4, -0.2) is 50.4 Å². The van der Waals surface area contributed by atoms with E-state index >= 15 is 0 Å². The second kappa shape index (κ2) is 9.61. The number of hydrogen-bond donors (Lipinski definition) is 2. The first-order valence-electron chi connectivity index (χ1n) is 11.5. The molecule has 1 aliphatic heterocycles. The highest BCUT2D eigenvalue weighted by atomic mass is 16.5. The first-order chi connectivity index (χ1) is 16.6. The van der Waals surface area contributed by atoms with Crippen molar-refractivity contribution >= 4 is 16.8 Å². The Labute approximate surface area is 198 Å². The van der Waals surface area contributed by atoms with Crippen LogP contribution in [0.3, 0.4) is 0 Å². The van der Waals surface area contributed by atoms with E-state index in [1.807, 2.05) is 47.4 Å². The van der Waals surface area contributed by atoms with Crippen molar-refractivity contribution in [1.29, 1.82) is 0 Å². The van der Waals surface area contributed by atoms with Crippen molar-refractivity contribution in [3.8, 4) is 17.1 Å². The smallest absolute Gasteiger partial charge is 0.223 e. The number of imidazole rings is 1. The maximum absolute atomic E-state index is 12.4. The summed E-state index contributed by atoms with van der Waals surface area (Å²) in [7, 11) is 1.62. The molecule has 4 aromatic rings. The fourth-order valence-electron chi connectivity index (χ4n) is 4.63. The summed E-state index contributed by atoms with van der Waals surface area (Å²) in [5, 5.41) is 4.63. The largest absolute Gasteiger partial charge is 0.480 e. The van der Waals surface area contributed by atoms with Crippen molar-refractivity contribution in [3.05, 3.63) is 72.4 Å². The van der Waals surface area contributed by atoms with Crippen LogP contribution in [0.2, 0.25) is 0 Å². The molecule has 0 aliphatic carbocycles. The summed E-state index contributed by atoms with van der Waals surface area (Å²) < 4.78 is 5.57. The molecule has 0 spiro atoms. The number of benzene rings is 1. The number of ether oxygens (including phenoxy) is 1. The quantitative estimate of drug-likeness (QED) is 0.457. The zero-order chi connectivity index (χ0) is 23.5. The van der Waals surface area contributed by atoms with Crippen molar-refractivity contribution in [2.45, 2.75) is 38.4 Å². The van der Waals surface area contributed by atoms with Gasteiger partial charge in [0.1, 0.15) is 5.82 Å². The second-order valence-corrected chi connectivity index (χ2v) is 8.57. The molecule has 34 heavy (non-hydrogen) atoms. The van der Waals surface area contributed by atoms with Crippen molar-refractivity contribution in [3.63, 3.8) is 0 Å². The molecule has 174 valence electrons. The topological polar surface area (TPSA) is 96.0 Å². The van der Waals surface area contributed by atoms with E-state index in [-0.39, 0.29) is 18.0 Å². The number of fused-ring (bicyclic) bond motifs is 1. The normalized spacial score (nSPS) is 18.2. The molecular formula is C26H28N6O2. The van der Waals surface area contributed by atoms with Gasteiger partial charge in [-0.15, -0.1) is 0 Å². The van der Waals surface area contributed by atoms with Gasteiger partial charge in [0.2, 0.25) is 11.8 Å². The van der Waals surface area contributed by atoms with Crippen LogP contribution >= 0.6 is 0 Å². The molecule has 1 aromatic carbocycles. The number of methoxy groups -OCH3 is 1. The lowest BCUT2D eigenvalue weighted by Gasteiger charge is -2.38. The van der Waals surface area contributed by atoms with Gasteiger partial charge in [0, 0.05) is 37.6 Å². The number of piperidine rings is 1. The van der Waals surface area contributed by atoms with Crippen LogP contribution in [-0.2, 0) is 11.3 Å². The Bertz CT molecular complexity index is 1290. The molecule has 0 bridgehead atoms. The number of rotatable bonds is 6. The van der Waals surface area contributed by atoms with Gasteiger partial charge in [0.15, 0.2) is 0 Å². The summed E-state index contributed by atoms with van der Waals surface area (Å²) >= 11 is 0. The number of aromatic nitrogens is 4. The summed E-state index contributed by atoms with van der Waals surface area (Å²) in [4.78, 5) is 31.5. The molecule has 4 heterocycles. The fraction of sp³-hybridized carbons (Fsp3) is 0.308. The third-order valence-electron chi connectivity index (χ3n) is 6.39. The molecule has 0 saturated carbocycles. The van der Waals surface area contributed by atoms with Crippen LogP contribution < -0.4 is 10.1 Å². The molecule has 8 nitrogen and oxygen atoms in total. The number of para-hydroxylation sites is 1. The van der Waals surface area contributed by atoms with E-state index < -0.39 is 0 Å². The maximum Gasteiger partial charge on any atom is 0.223 e. The minimum atomic E-state index is -0.138. The van der Waals surface area contributed by atoms with Crippen molar-refractivity contribution in [2.24, 2.45) is 0 Å². The van der Waals surface area contributed by atoms with Crippen LogP contribution in [0, 0.1) is 0 Å². The highest BCUT2D eigenvalue weighted by Gasteiger charge is 2.33. The Morgan fingerprint density at radius 2 is 2.06 bits per heavy atom. The molecule has 5 rings (SSSR count). The number of pyridine rings is 2. The van der Waals surface area contributed by atoms with Gasteiger partial charge in [-0.05, 0) is 37.1 Å². The first-order valence-corrected chi connectivity index (χ1v) is 11.5. The van der Waals surface area contributed by atoms with Gasteiger partial charge in [-0.25, -0.2) is 9.97 Å². The Kier molecular flexibility index (Phi) is 6.22. The minimum Gasteiger partial charge on any atom is -0.480 e. The van der Waals surface area contributed by atoms with Gasteiger partial charge in [0.25, 0.3) is 0 Å². The molecule has 1 aliphatic rings. The lowest BCUT2D eigenvalue weighted by Crippen LogP contribution is -2.46. The summed E-state index contributed by atoms with van der Waals surface area (Å²) in [5.74, 6) is 1.36.